The zero-order valence-electron chi connectivity index (χ0n) is 16.9. The number of aromatic nitrogens is 2. The van der Waals surface area contributed by atoms with E-state index in [1.807, 2.05) is 44.2 Å². The summed E-state index contributed by atoms with van der Waals surface area (Å²) in [6.07, 6.45) is 0.391. The normalized spacial score (nSPS) is 17.9. The van der Waals surface area contributed by atoms with Crippen LogP contribution in [-0.4, -0.2) is 41.7 Å². The number of hydrogen-bond acceptors (Lipinski definition) is 5. The zero-order chi connectivity index (χ0) is 21.5. The fraction of sp³-hybridized carbons (Fsp3) is 0.318. The fourth-order valence-corrected chi connectivity index (χ4v) is 5.52. The standard InChI is InChI=1S/C22H23N3O4S/c1-14-7-8-15(2)19(11-14)21-17-5-3-4-6-18(17)22(27)25(24-21)12-20(26)23-16-9-10-30(28,29)13-16/h3-8,11,16H,9-10,12-13H2,1-2H3,(H,23,26). The Morgan fingerprint density at radius 3 is 2.60 bits per heavy atom. The molecule has 0 spiro atoms. The number of carbonyl (C=O) groups is 1. The van der Waals surface area contributed by atoms with Gasteiger partial charge in [0.15, 0.2) is 9.84 Å². The quantitative estimate of drug-likeness (QED) is 0.689. The highest BCUT2D eigenvalue weighted by Gasteiger charge is 2.29. The number of carbonyl (C=O) groups excluding carboxylic acids is 1. The van der Waals surface area contributed by atoms with Crippen LogP contribution in [0.25, 0.3) is 22.0 Å². The van der Waals surface area contributed by atoms with E-state index in [2.05, 4.69) is 10.4 Å². The third kappa shape index (κ3) is 4.00. The predicted octanol–water partition coefficient (Wildman–Crippen LogP) is 1.98. The maximum absolute atomic E-state index is 13.0. The molecule has 0 radical (unpaired) electrons. The van der Waals surface area contributed by atoms with Crippen molar-refractivity contribution in [3.63, 3.8) is 0 Å². The van der Waals surface area contributed by atoms with Gasteiger partial charge in [0.05, 0.1) is 22.6 Å². The van der Waals surface area contributed by atoms with Crippen molar-refractivity contribution in [1.82, 2.24) is 15.1 Å². The van der Waals surface area contributed by atoms with Crippen molar-refractivity contribution in [2.75, 3.05) is 11.5 Å². The lowest BCUT2D eigenvalue weighted by Gasteiger charge is -2.15. The summed E-state index contributed by atoms with van der Waals surface area (Å²) in [7, 11) is -3.10. The van der Waals surface area contributed by atoms with Crippen LogP contribution in [-0.2, 0) is 21.2 Å². The van der Waals surface area contributed by atoms with Crippen LogP contribution in [0.2, 0.25) is 0 Å². The third-order valence-corrected chi connectivity index (χ3v) is 7.17. The molecule has 7 nitrogen and oxygen atoms in total. The van der Waals surface area contributed by atoms with Gasteiger partial charge < -0.3 is 5.32 Å². The molecule has 4 rings (SSSR count). The summed E-state index contributed by atoms with van der Waals surface area (Å²) < 4.78 is 24.4. The maximum atomic E-state index is 13.0. The van der Waals surface area contributed by atoms with Crippen LogP contribution in [0, 0.1) is 13.8 Å². The molecule has 3 aromatic rings. The van der Waals surface area contributed by atoms with Crippen LogP contribution in [0.4, 0.5) is 0 Å². The molecule has 2 heterocycles. The first-order valence-electron chi connectivity index (χ1n) is 9.81. The SMILES string of the molecule is Cc1ccc(C)c(-c2nn(CC(=O)NC3CCS(=O)(=O)C3)c(=O)c3ccccc23)c1. The highest BCUT2D eigenvalue weighted by Crippen LogP contribution is 2.28. The number of fused-ring (bicyclic) bond motifs is 1. The number of hydrogen-bond donors (Lipinski definition) is 1. The molecule has 0 saturated carbocycles. The summed E-state index contributed by atoms with van der Waals surface area (Å²) in [4.78, 5) is 25.5. The molecule has 0 bridgehead atoms. The maximum Gasteiger partial charge on any atom is 0.275 e. The molecule has 0 aliphatic carbocycles. The predicted molar refractivity (Wildman–Crippen MR) is 116 cm³/mol. The molecular formula is C22H23N3O4S. The lowest BCUT2D eigenvalue weighted by molar-refractivity contribution is -0.122. The molecular weight excluding hydrogens is 402 g/mol. The van der Waals surface area contributed by atoms with E-state index in [9.17, 15) is 18.0 Å². The van der Waals surface area contributed by atoms with Gasteiger partial charge in [0, 0.05) is 17.0 Å². The van der Waals surface area contributed by atoms with Crippen LogP contribution < -0.4 is 10.9 Å². The molecule has 1 saturated heterocycles. The molecule has 1 atom stereocenters. The molecule has 1 amide bonds. The molecule has 156 valence electrons. The third-order valence-electron chi connectivity index (χ3n) is 5.41. The van der Waals surface area contributed by atoms with Crippen LogP contribution in [0.5, 0.6) is 0 Å². The van der Waals surface area contributed by atoms with Gasteiger partial charge in [-0.2, -0.15) is 5.10 Å². The molecule has 1 aliphatic rings. The first-order chi connectivity index (χ1) is 14.2. The molecule has 1 aromatic heterocycles. The monoisotopic (exact) mass is 425 g/mol. The van der Waals surface area contributed by atoms with Crippen LogP contribution in [0.15, 0.2) is 47.3 Å². The van der Waals surface area contributed by atoms with Crippen molar-refractivity contribution in [2.24, 2.45) is 0 Å². The van der Waals surface area contributed by atoms with Gasteiger partial charge >= 0.3 is 0 Å². The second-order valence-electron chi connectivity index (χ2n) is 7.84. The number of amides is 1. The largest absolute Gasteiger partial charge is 0.351 e. The summed E-state index contributed by atoms with van der Waals surface area (Å²) in [6.45, 7) is 3.70. The molecule has 30 heavy (non-hydrogen) atoms. The average Bonchev–Trinajstić information content (AvgIpc) is 3.04. The highest BCUT2D eigenvalue weighted by atomic mass is 32.2. The average molecular weight is 426 g/mol. The van der Waals surface area contributed by atoms with Crippen molar-refractivity contribution in [1.29, 1.82) is 0 Å². The number of nitrogens with zero attached hydrogens (tertiary/aromatic N) is 2. The minimum absolute atomic E-state index is 0.0630. The smallest absolute Gasteiger partial charge is 0.275 e. The van der Waals surface area contributed by atoms with E-state index < -0.39 is 21.8 Å². The topological polar surface area (TPSA) is 98.1 Å². The van der Waals surface area contributed by atoms with Crippen LogP contribution >= 0.6 is 0 Å². The first kappa shape index (κ1) is 20.3. The Kier molecular flexibility index (Phi) is 5.19. The van der Waals surface area contributed by atoms with Gasteiger partial charge in [0.1, 0.15) is 6.54 Å². The van der Waals surface area contributed by atoms with Crippen molar-refractivity contribution < 1.29 is 13.2 Å². The Hall–Kier alpha value is -3.00. The Labute approximate surface area is 174 Å². The molecule has 1 aliphatic heterocycles. The Balaban J connectivity index is 1.74. The Bertz CT molecular complexity index is 1310. The first-order valence-corrected chi connectivity index (χ1v) is 11.6. The van der Waals surface area contributed by atoms with E-state index in [0.29, 0.717) is 17.5 Å². The van der Waals surface area contributed by atoms with Gasteiger partial charge in [-0.3, -0.25) is 9.59 Å². The fourth-order valence-electron chi connectivity index (χ4n) is 3.85. The van der Waals surface area contributed by atoms with Crippen molar-refractivity contribution in [3.8, 4) is 11.3 Å². The highest BCUT2D eigenvalue weighted by molar-refractivity contribution is 7.91. The van der Waals surface area contributed by atoms with Gasteiger partial charge in [-0.1, -0.05) is 35.9 Å². The summed E-state index contributed by atoms with van der Waals surface area (Å²) >= 11 is 0. The van der Waals surface area contributed by atoms with Crippen molar-refractivity contribution in [3.05, 3.63) is 63.9 Å². The number of aryl methyl sites for hydroxylation is 2. The number of sulfone groups is 1. The summed E-state index contributed by atoms with van der Waals surface area (Å²) in [6, 6.07) is 12.8. The van der Waals surface area contributed by atoms with Crippen LogP contribution in [0.1, 0.15) is 17.5 Å². The summed E-state index contributed by atoms with van der Waals surface area (Å²) in [5.41, 5.74) is 3.28. The minimum atomic E-state index is -3.10. The number of rotatable bonds is 4. The van der Waals surface area contributed by atoms with E-state index in [1.54, 1.807) is 12.1 Å². The minimum Gasteiger partial charge on any atom is -0.351 e. The van der Waals surface area contributed by atoms with Gasteiger partial charge in [0.2, 0.25) is 5.91 Å². The van der Waals surface area contributed by atoms with Gasteiger partial charge in [-0.05, 0) is 38.0 Å². The lowest BCUT2D eigenvalue weighted by atomic mass is 9.99. The van der Waals surface area contributed by atoms with E-state index in [4.69, 9.17) is 0 Å². The number of nitrogens with one attached hydrogen (secondary N) is 1. The lowest BCUT2D eigenvalue weighted by Crippen LogP contribution is -2.40. The Morgan fingerprint density at radius 2 is 1.90 bits per heavy atom. The second-order valence-corrected chi connectivity index (χ2v) is 10.1. The molecule has 1 fully saturated rings. The molecule has 1 unspecified atom stereocenters. The second kappa shape index (κ2) is 7.68. The van der Waals surface area contributed by atoms with Crippen molar-refractivity contribution >= 4 is 26.5 Å². The van der Waals surface area contributed by atoms with Gasteiger partial charge in [-0.25, -0.2) is 13.1 Å². The molecule has 2 aromatic carbocycles. The van der Waals surface area contributed by atoms with E-state index >= 15 is 0 Å². The molecule has 1 N–H and O–H groups in total. The number of benzene rings is 2. The van der Waals surface area contributed by atoms with Crippen molar-refractivity contribution in [2.45, 2.75) is 32.9 Å². The summed E-state index contributed by atoms with van der Waals surface area (Å²) in [5, 5.41) is 8.48. The van der Waals surface area contributed by atoms with Gasteiger partial charge in [-0.15, -0.1) is 0 Å². The van der Waals surface area contributed by atoms with E-state index in [1.165, 1.54) is 0 Å². The van der Waals surface area contributed by atoms with E-state index in [0.717, 1.165) is 26.8 Å². The summed E-state index contributed by atoms with van der Waals surface area (Å²) in [5.74, 6) is -0.413. The van der Waals surface area contributed by atoms with Crippen LogP contribution in [0.3, 0.4) is 0 Å². The van der Waals surface area contributed by atoms with Gasteiger partial charge in [0.25, 0.3) is 5.56 Å². The molecule has 8 heteroatoms. The Morgan fingerprint density at radius 1 is 1.17 bits per heavy atom. The zero-order valence-corrected chi connectivity index (χ0v) is 17.7. The van der Waals surface area contributed by atoms with E-state index in [-0.39, 0.29) is 23.6 Å².